The smallest absolute Gasteiger partial charge is 0.163 e. The Hall–Kier alpha value is -2.49. The molecule has 0 saturated heterocycles. The lowest BCUT2D eigenvalue weighted by molar-refractivity contribution is 0.0982. The van der Waals surface area contributed by atoms with Crippen molar-refractivity contribution in [2.45, 2.75) is 19.8 Å². The highest BCUT2D eigenvalue weighted by Gasteiger charge is 2.17. The lowest BCUT2D eigenvalue weighted by Crippen LogP contribution is -2.03. The van der Waals surface area contributed by atoms with Gasteiger partial charge in [-0.3, -0.25) is 4.79 Å². The number of ether oxygens (including phenoxy) is 1. The van der Waals surface area contributed by atoms with Crippen LogP contribution in [0.1, 0.15) is 27.9 Å². The minimum absolute atomic E-state index is 0.00258. The molecule has 0 aromatic heterocycles. The van der Waals surface area contributed by atoms with Gasteiger partial charge >= 0.3 is 0 Å². The third-order valence-electron chi connectivity index (χ3n) is 3.48. The molecule has 21 heavy (non-hydrogen) atoms. The zero-order chi connectivity index (χ0) is 15.4. The number of phenols is 2. The third-order valence-corrected chi connectivity index (χ3v) is 3.48. The molecule has 0 heterocycles. The Balaban J connectivity index is 2.21. The summed E-state index contributed by atoms with van der Waals surface area (Å²) in [5.41, 5.74) is 1.74. The van der Waals surface area contributed by atoms with Crippen LogP contribution >= 0.6 is 0 Å². The Labute approximate surface area is 123 Å². The largest absolute Gasteiger partial charge is 0.507 e. The van der Waals surface area contributed by atoms with Crippen molar-refractivity contribution in [3.05, 3.63) is 53.1 Å². The highest BCUT2D eigenvalue weighted by molar-refractivity contribution is 5.96. The summed E-state index contributed by atoms with van der Waals surface area (Å²) in [5, 5.41) is 19.6. The van der Waals surface area contributed by atoms with E-state index in [2.05, 4.69) is 0 Å². The maximum atomic E-state index is 12.1. The maximum absolute atomic E-state index is 12.1. The minimum atomic E-state index is -0.0594. The van der Waals surface area contributed by atoms with E-state index in [9.17, 15) is 15.0 Å². The molecule has 0 aliphatic carbocycles. The molecule has 0 aliphatic rings. The summed E-state index contributed by atoms with van der Waals surface area (Å²) >= 11 is 0. The highest BCUT2D eigenvalue weighted by Crippen LogP contribution is 2.38. The maximum Gasteiger partial charge on any atom is 0.163 e. The number of hydrogen-bond acceptors (Lipinski definition) is 4. The van der Waals surface area contributed by atoms with Crippen molar-refractivity contribution in [1.29, 1.82) is 0 Å². The first-order valence-corrected chi connectivity index (χ1v) is 6.71. The molecular weight excluding hydrogens is 268 g/mol. The number of methoxy groups -OCH3 is 1. The number of phenolic OH excluding ortho intramolecular Hbond substituents is 2. The fraction of sp³-hybridized carbons (Fsp3) is 0.235. The Morgan fingerprint density at radius 3 is 2.43 bits per heavy atom. The van der Waals surface area contributed by atoms with Crippen molar-refractivity contribution < 1.29 is 19.7 Å². The summed E-state index contributed by atoms with van der Waals surface area (Å²) in [6.45, 7) is 1.70. The van der Waals surface area contributed by atoms with Crippen molar-refractivity contribution in [2.24, 2.45) is 0 Å². The Bertz CT molecular complexity index is 648. The van der Waals surface area contributed by atoms with Crippen LogP contribution in [0.2, 0.25) is 0 Å². The van der Waals surface area contributed by atoms with E-state index in [0.29, 0.717) is 28.9 Å². The minimum Gasteiger partial charge on any atom is -0.507 e. The van der Waals surface area contributed by atoms with Gasteiger partial charge in [-0.25, -0.2) is 0 Å². The zero-order valence-electron chi connectivity index (χ0n) is 12.1. The summed E-state index contributed by atoms with van der Waals surface area (Å²) in [4.78, 5) is 12.1. The molecular formula is C17H18O4. The number of carbonyl (C=O) groups excluding carboxylic acids is 1. The number of ketones is 1. The van der Waals surface area contributed by atoms with Gasteiger partial charge in [0.05, 0.1) is 7.11 Å². The van der Waals surface area contributed by atoms with Gasteiger partial charge in [-0.15, -0.1) is 0 Å². The number of benzene rings is 2. The highest BCUT2D eigenvalue weighted by atomic mass is 16.5. The topological polar surface area (TPSA) is 66.8 Å². The van der Waals surface area contributed by atoms with E-state index in [1.54, 1.807) is 19.1 Å². The van der Waals surface area contributed by atoms with E-state index >= 15 is 0 Å². The van der Waals surface area contributed by atoms with Crippen molar-refractivity contribution in [1.82, 2.24) is 0 Å². The summed E-state index contributed by atoms with van der Waals surface area (Å²) in [6.07, 6.45) is 0.613. The molecule has 110 valence electrons. The van der Waals surface area contributed by atoms with E-state index in [0.717, 1.165) is 0 Å². The van der Waals surface area contributed by atoms with Gasteiger partial charge in [0, 0.05) is 29.2 Å². The van der Waals surface area contributed by atoms with Crippen molar-refractivity contribution in [3.63, 3.8) is 0 Å². The predicted molar refractivity (Wildman–Crippen MR) is 80.2 cm³/mol. The van der Waals surface area contributed by atoms with Gasteiger partial charge in [-0.2, -0.15) is 0 Å². The Morgan fingerprint density at radius 2 is 1.81 bits per heavy atom. The van der Waals surface area contributed by atoms with E-state index < -0.39 is 0 Å². The van der Waals surface area contributed by atoms with E-state index in [4.69, 9.17) is 4.74 Å². The van der Waals surface area contributed by atoms with Crippen LogP contribution in [-0.2, 0) is 6.42 Å². The van der Waals surface area contributed by atoms with Crippen LogP contribution in [0, 0.1) is 6.92 Å². The SMILES string of the molecule is COc1c(C)c(O)cc(O)c1CCC(=O)c1ccccc1. The molecule has 4 heteroatoms. The van der Waals surface area contributed by atoms with Crippen LogP contribution < -0.4 is 4.74 Å². The third kappa shape index (κ3) is 3.16. The average Bonchev–Trinajstić information content (AvgIpc) is 2.50. The fourth-order valence-electron chi connectivity index (χ4n) is 2.31. The van der Waals surface area contributed by atoms with Gasteiger partial charge in [0.25, 0.3) is 0 Å². The van der Waals surface area contributed by atoms with Gasteiger partial charge in [-0.1, -0.05) is 30.3 Å². The first-order valence-electron chi connectivity index (χ1n) is 6.71. The van der Waals surface area contributed by atoms with Crippen LogP contribution in [0.3, 0.4) is 0 Å². The summed E-state index contributed by atoms with van der Waals surface area (Å²) in [6, 6.07) is 10.3. The summed E-state index contributed by atoms with van der Waals surface area (Å²) in [7, 11) is 1.48. The Morgan fingerprint density at radius 1 is 1.14 bits per heavy atom. The number of rotatable bonds is 5. The second-order valence-electron chi connectivity index (χ2n) is 4.84. The molecule has 0 aliphatic heterocycles. The van der Waals surface area contributed by atoms with Crippen molar-refractivity contribution >= 4 is 5.78 Å². The van der Waals surface area contributed by atoms with E-state index in [-0.39, 0.29) is 23.7 Å². The second-order valence-corrected chi connectivity index (χ2v) is 4.84. The zero-order valence-corrected chi connectivity index (χ0v) is 12.1. The molecule has 0 fully saturated rings. The average molecular weight is 286 g/mol. The molecule has 2 rings (SSSR count). The monoisotopic (exact) mass is 286 g/mol. The van der Waals surface area contributed by atoms with Gasteiger partial charge in [0.15, 0.2) is 5.78 Å². The first kappa shape index (κ1) is 14.9. The van der Waals surface area contributed by atoms with Crippen LogP contribution in [0.25, 0.3) is 0 Å². The molecule has 0 radical (unpaired) electrons. The molecule has 2 aromatic carbocycles. The quantitative estimate of drug-likeness (QED) is 0.828. The first-order chi connectivity index (χ1) is 10.0. The molecule has 0 saturated carbocycles. The lowest BCUT2D eigenvalue weighted by Gasteiger charge is -2.14. The van der Waals surface area contributed by atoms with Crippen LogP contribution in [-0.4, -0.2) is 23.1 Å². The van der Waals surface area contributed by atoms with Crippen LogP contribution in [0.5, 0.6) is 17.2 Å². The molecule has 2 aromatic rings. The van der Waals surface area contributed by atoms with Gasteiger partial charge < -0.3 is 14.9 Å². The molecule has 0 bridgehead atoms. The predicted octanol–water partition coefficient (Wildman–Crippen LogP) is 3.23. The van der Waals surface area contributed by atoms with Crippen molar-refractivity contribution in [3.8, 4) is 17.2 Å². The number of hydrogen-bond donors (Lipinski definition) is 2. The number of Topliss-reactive ketones (excluding diaryl/α,β-unsaturated/α-hetero) is 1. The van der Waals surface area contributed by atoms with E-state index in [1.807, 2.05) is 18.2 Å². The van der Waals surface area contributed by atoms with Crippen LogP contribution in [0.4, 0.5) is 0 Å². The number of carbonyl (C=O) groups is 1. The molecule has 4 nitrogen and oxygen atoms in total. The number of aromatic hydroxyl groups is 2. The standard InChI is InChI=1S/C17H18O4/c1-11-15(19)10-16(20)13(17(11)21-2)8-9-14(18)12-6-4-3-5-7-12/h3-7,10,19-20H,8-9H2,1-2H3. The Kier molecular flexibility index (Phi) is 4.48. The fourth-order valence-corrected chi connectivity index (χ4v) is 2.31. The van der Waals surface area contributed by atoms with Crippen LogP contribution in [0.15, 0.2) is 36.4 Å². The molecule has 0 atom stereocenters. The van der Waals surface area contributed by atoms with E-state index in [1.165, 1.54) is 13.2 Å². The molecule has 2 N–H and O–H groups in total. The van der Waals surface area contributed by atoms with Gasteiger partial charge in [0.2, 0.25) is 0 Å². The van der Waals surface area contributed by atoms with Gasteiger partial charge in [0.1, 0.15) is 17.2 Å². The molecule has 0 spiro atoms. The lowest BCUT2D eigenvalue weighted by atomic mass is 9.99. The molecule has 0 amide bonds. The van der Waals surface area contributed by atoms with Crippen molar-refractivity contribution in [2.75, 3.05) is 7.11 Å². The normalized spacial score (nSPS) is 10.4. The van der Waals surface area contributed by atoms with Gasteiger partial charge in [-0.05, 0) is 13.3 Å². The second kappa shape index (κ2) is 6.31. The summed E-state index contributed by atoms with van der Waals surface area (Å²) < 4.78 is 5.24. The summed E-state index contributed by atoms with van der Waals surface area (Å²) in [5.74, 6) is 0.342. The molecule has 0 unspecified atom stereocenters.